The molecule has 0 aromatic rings. The Hall–Kier alpha value is -3.41. The van der Waals surface area contributed by atoms with E-state index in [9.17, 15) is 14.4 Å². The molecule has 1 unspecified atom stereocenters. The lowest BCUT2D eigenvalue weighted by Crippen LogP contribution is -2.30. The van der Waals surface area contributed by atoms with E-state index in [2.05, 4.69) is 106 Å². The lowest BCUT2D eigenvalue weighted by Gasteiger charge is -2.18. The average molecular weight is 1060 g/mol. The summed E-state index contributed by atoms with van der Waals surface area (Å²) in [6.07, 6.45) is 84.4. The molecule has 0 rings (SSSR count). The zero-order valence-electron chi connectivity index (χ0n) is 50.3. The van der Waals surface area contributed by atoms with E-state index in [4.69, 9.17) is 14.2 Å². The van der Waals surface area contributed by atoms with Crippen LogP contribution in [-0.2, 0) is 28.6 Å². The lowest BCUT2D eigenvalue weighted by molar-refractivity contribution is -0.167. The van der Waals surface area contributed by atoms with Crippen molar-refractivity contribution in [2.75, 3.05) is 13.2 Å². The summed E-state index contributed by atoms with van der Waals surface area (Å²) in [5, 5.41) is 0. The lowest BCUT2D eigenvalue weighted by atomic mass is 10.1. The fraction of sp³-hybridized carbons (Fsp3) is 0.757. The first-order valence-electron chi connectivity index (χ1n) is 32.6. The maximum atomic E-state index is 12.9. The van der Waals surface area contributed by atoms with Gasteiger partial charge in [-0.2, -0.15) is 0 Å². The molecule has 438 valence electrons. The number of rotatable bonds is 59. The molecule has 0 aliphatic rings. The molecule has 0 aromatic heterocycles. The maximum Gasteiger partial charge on any atom is 0.306 e. The Bertz CT molecular complexity index is 1450. The van der Waals surface area contributed by atoms with Crippen molar-refractivity contribution in [1.82, 2.24) is 0 Å². The van der Waals surface area contributed by atoms with E-state index in [1.165, 1.54) is 180 Å². The number of esters is 3. The highest BCUT2D eigenvalue weighted by atomic mass is 16.6. The largest absolute Gasteiger partial charge is 0.462 e. The Labute approximate surface area is 471 Å². The predicted molar refractivity (Wildman–Crippen MR) is 330 cm³/mol. The second-order valence-electron chi connectivity index (χ2n) is 21.7. The van der Waals surface area contributed by atoms with Crippen LogP contribution in [0.1, 0.15) is 323 Å². The van der Waals surface area contributed by atoms with Crippen molar-refractivity contribution in [2.24, 2.45) is 0 Å². The number of hydrogen-bond acceptors (Lipinski definition) is 6. The topological polar surface area (TPSA) is 78.9 Å². The third-order valence-electron chi connectivity index (χ3n) is 14.1. The van der Waals surface area contributed by atoms with Gasteiger partial charge in [0.25, 0.3) is 0 Å². The van der Waals surface area contributed by atoms with Crippen LogP contribution in [0, 0.1) is 0 Å². The number of unbranched alkanes of at least 4 members (excludes halogenated alkanes) is 34. The summed E-state index contributed by atoms with van der Waals surface area (Å²) < 4.78 is 16.9. The van der Waals surface area contributed by atoms with E-state index in [0.717, 1.165) is 103 Å². The minimum atomic E-state index is -0.790. The van der Waals surface area contributed by atoms with Crippen molar-refractivity contribution in [3.8, 4) is 0 Å². The normalized spacial score (nSPS) is 12.6. The zero-order valence-corrected chi connectivity index (χ0v) is 50.3. The minimum Gasteiger partial charge on any atom is -0.462 e. The van der Waals surface area contributed by atoms with Gasteiger partial charge in [0.1, 0.15) is 13.2 Å². The first-order chi connectivity index (χ1) is 37.5. The highest BCUT2D eigenvalue weighted by molar-refractivity contribution is 5.71. The molecule has 0 aromatic carbocycles. The van der Waals surface area contributed by atoms with Crippen LogP contribution < -0.4 is 0 Å². The Balaban J connectivity index is 4.36. The first-order valence-corrected chi connectivity index (χ1v) is 32.6. The van der Waals surface area contributed by atoms with Gasteiger partial charge in [-0.05, 0) is 122 Å². The molecule has 0 saturated heterocycles. The second-order valence-corrected chi connectivity index (χ2v) is 21.7. The Kier molecular flexibility index (Phi) is 61.2. The summed E-state index contributed by atoms with van der Waals surface area (Å²) in [7, 11) is 0. The first kappa shape index (κ1) is 72.6. The molecule has 0 saturated carbocycles. The Morgan fingerprint density at radius 1 is 0.263 bits per heavy atom. The standard InChI is InChI=1S/C70H122O6/c1-4-7-10-13-16-19-22-25-28-30-32-33-34-35-36-37-39-40-42-45-48-51-54-57-60-63-69(72)75-66-67(65-74-68(71)62-59-56-53-50-47-44-27-24-21-18-15-12-9-6-3)76-70(73)64-61-58-55-52-49-46-43-41-38-31-29-26-23-20-17-14-11-8-5-2/h17,20,22,24-27,29-30,32,34-35,38,41,67H,4-16,18-19,21,23,28,31,33,36-37,39-40,42-66H2,1-3H3/b20-17-,25-22-,27-24-,29-26-,32-30-,35-34-,41-38-. The van der Waals surface area contributed by atoms with Gasteiger partial charge in [0.15, 0.2) is 6.10 Å². The predicted octanol–water partition coefficient (Wildman–Crippen LogP) is 22.3. The quantitative estimate of drug-likeness (QED) is 0.0261. The minimum absolute atomic E-state index is 0.0858. The van der Waals surface area contributed by atoms with E-state index in [0.29, 0.717) is 19.3 Å². The van der Waals surface area contributed by atoms with Crippen LogP contribution >= 0.6 is 0 Å². The second kappa shape index (κ2) is 64.1. The molecule has 0 aliphatic heterocycles. The third kappa shape index (κ3) is 61.4. The van der Waals surface area contributed by atoms with Crippen molar-refractivity contribution in [1.29, 1.82) is 0 Å². The van der Waals surface area contributed by atoms with Crippen molar-refractivity contribution in [2.45, 2.75) is 329 Å². The van der Waals surface area contributed by atoms with Gasteiger partial charge in [0.05, 0.1) is 0 Å². The molecular weight excluding hydrogens is 937 g/mol. The van der Waals surface area contributed by atoms with Crippen LogP contribution in [0.5, 0.6) is 0 Å². The number of allylic oxidation sites excluding steroid dienone is 14. The van der Waals surface area contributed by atoms with E-state index < -0.39 is 6.10 Å². The molecule has 0 radical (unpaired) electrons. The van der Waals surface area contributed by atoms with Crippen LogP contribution in [-0.4, -0.2) is 37.2 Å². The fourth-order valence-corrected chi connectivity index (χ4v) is 9.16. The van der Waals surface area contributed by atoms with Crippen LogP contribution in [0.3, 0.4) is 0 Å². The molecule has 0 amide bonds. The summed E-state index contributed by atoms with van der Waals surface area (Å²) in [6, 6.07) is 0. The summed E-state index contributed by atoms with van der Waals surface area (Å²) in [4.78, 5) is 38.3. The number of hydrogen-bond donors (Lipinski definition) is 0. The van der Waals surface area contributed by atoms with Crippen molar-refractivity contribution >= 4 is 17.9 Å². The summed E-state index contributed by atoms with van der Waals surface area (Å²) in [5.74, 6) is -0.899. The van der Waals surface area contributed by atoms with Gasteiger partial charge >= 0.3 is 17.9 Å². The van der Waals surface area contributed by atoms with Gasteiger partial charge in [-0.15, -0.1) is 0 Å². The van der Waals surface area contributed by atoms with Crippen LogP contribution in [0.15, 0.2) is 85.1 Å². The molecule has 0 spiro atoms. The van der Waals surface area contributed by atoms with E-state index >= 15 is 0 Å². The van der Waals surface area contributed by atoms with Crippen molar-refractivity contribution < 1.29 is 28.6 Å². The molecule has 0 aliphatic carbocycles. The summed E-state index contributed by atoms with van der Waals surface area (Å²) in [6.45, 7) is 6.60. The number of ether oxygens (including phenoxy) is 3. The van der Waals surface area contributed by atoms with Gasteiger partial charge in [-0.25, -0.2) is 0 Å². The zero-order chi connectivity index (χ0) is 55.0. The molecule has 1 atom stereocenters. The van der Waals surface area contributed by atoms with E-state index in [-0.39, 0.29) is 31.1 Å². The molecule has 0 fully saturated rings. The third-order valence-corrected chi connectivity index (χ3v) is 14.1. The molecule has 0 heterocycles. The Morgan fingerprint density at radius 3 is 0.776 bits per heavy atom. The monoisotopic (exact) mass is 1060 g/mol. The van der Waals surface area contributed by atoms with Gasteiger partial charge in [0, 0.05) is 19.3 Å². The van der Waals surface area contributed by atoms with Gasteiger partial charge in [-0.3, -0.25) is 14.4 Å². The maximum absolute atomic E-state index is 12.9. The Morgan fingerprint density at radius 2 is 0.474 bits per heavy atom. The smallest absolute Gasteiger partial charge is 0.306 e. The van der Waals surface area contributed by atoms with Crippen molar-refractivity contribution in [3.63, 3.8) is 0 Å². The fourth-order valence-electron chi connectivity index (χ4n) is 9.16. The molecular formula is C70H122O6. The number of carbonyl (C=O) groups excluding carboxylic acids is 3. The number of carbonyl (C=O) groups is 3. The van der Waals surface area contributed by atoms with Crippen LogP contribution in [0.4, 0.5) is 0 Å². The van der Waals surface area contributed by atoms with E-state index in [1.54, 1.807) is 0 Å². The molecule has 0 N–H and O–H groups in total. The molecule has 6 heteroatoms. The summed E-state index contributed by atoms with van der Waals surface area (Å²) in [5.41, 5.74) is 0. The van der Waals surface area contributed by atoms with E-state index in [1.807, 2.05) is 0 Å². The highest BCUT2D eigenvalue weighted by Gasteiger charge is 2.19. The molecule has 0 bridgehead atoms. The van der Waals surface area contributed by atoms with Gasteiger partial charge in [-0.1, -0.05) is 266 Å². The van der Waals surface area contributed by atoms with Gasteiger partial charge < -0.3 is 14.2 Å². The van der Waals surface area contributed by atoms with Crippen molar-refractivity contribution in [3.05, 3.63) is 85.1 Å². The van der Waals surface area contributed by atoms with Crippen LogP contribution in [0.2, 0.25) is 0 Å². The van der Waals surface area contributed by atoms with Crippen LogP contribution in [0.25, 0.3) is 0 Å². The SMILES string of the molecule is CCCCC/C=C\C/C=C\C/C=C\CCCCCCCCC(=O)OC(COC(=O)CCCCCCC/C=C\CCCCCCC)COC(=O)CCCCCCCCCCCC/C=C\C/C=C\C/C=C\CCCCCCC. The summed E-state index contributed by atoms with van der Waals surface area (Å²) >= 11 is 0. The highest BCUT2D eigenvalue weighted by Crippen LogP contribution is 2.16. The molecule has 76 heavy (non-hydrogen) atoms. The average Bonchev–Trinajstić information content (AvgIpc) is 3.42. The van der Waals surface area contributed by atoms with Gasteiger partial charge in [0.2, 0.25) is 0 Å². The molecule has 6 nitrogen and oxygen atoms in total.